The van der Waals surface area contributed by atoms with Crippen molar-refractivity contribution in [1.29, 1.82) is 0 Å². The predicted octanol–water partition coefficient (Wildman–Crippen LogP) is 1.65. The summed E-state index contributed by atoms with van der Waals surface area (Å²) in [5, 5.41) is 7.70. The van der Waals surface area contributed by atoms with E-state index >= 15 is 0 Å². The Hall–Kier alpha value is -0.680. The maximum atomic E-state index is 4.40. The molecule has 0 spiro atoms. The Morgan fingerprint density at radius 3 is 3.00 bits per heavy atom. The second-order valence-corrected chi connectivity index (χ2v) is 4.67. The standard InChI is InChI=1S/C10H18N4S/c1-2-3-9-13-10(15-14-9)12-7-6-11-8-4-5-8/h8,11H,2-7H2,1H3,(H,12,13,14). The van der Waals surface area contributed by atoms with Crippen molar-refractivity contribution >= 4 is 16.7 Å². The minimum absolute atomic E-state index is 0.789. The van der Waals surface area contributed by atoms with E-state index in [0.717, 1.165) is 42.9 Å². The van der Waals surface area contributed by atoms with Crippen molar-refractivity contribution in [1.82, 2.24) is 14.7 Å². The maximum absolute atomic E-state index is 4.40. The van der Waals surface area contributed by atoms with Crippen LogP contribution in [0.25, 0.3) is 0 Å². The van der Waals surface area contributed by atoms with Gasteiger partial charge in [0.05, 0.1) is 0 Å². The van der Waals surface area contributed by atoms with Gasteiger partial charge in [-0.1, -0.05) is 6.92 Å². The van der Waals surface area contributed by atoms with Crippen LogP contribution >= 0.6 is 11.5 Å². The van der Waals surface area contributed by atoms with Crippen LogP contribution in [0.5, 0.6) is 0 Å². The first-order valence-electron chi connectivity index (χ1n) is 5.68. The third-order valence-corrected chi connectivity index (χ3v) is 3.06. The third kappa shape index (κ3) is 3.76. The number of nitrogens with one attached hydrogen (secondary N) is 2. The van der Waals surface area contributed by atoms with E-state index in [1.165, 1.54) is 24.4 Å². The first-order valence-corrected chi connectivity index (χ1v) is 6.45. The molecule has 1 heterocycles. The maximum Gasteiger partial charge on any atom is 0.202 e. The van der Waals surface area contributed by atoms with Crippen LogP contribution in [0.1, 0.15) is 32.0 Å². The van der Waals surface area contributed by atoms with E-state index in [4.69, 9.17) is 0 Å². The quantitative estimate of drug-likeness (QED) is 0.694. The van der Waals surface area contributed by atoms with Crippen LogP contribution in [0.3, 0.4) is 0 Å². The number of rotatable bonds is 7. The second kappa shape index (κ2) is 5.42. The summed E-state index contributed by atoms with van der Waals surface area (Å²) in [5.74, 6) is 0.972. The largest absolute Gasteiger partial charge is 0.359 e. The Balaban J connectivity index is 1.63. The van der Waals surface area contributed by atoms with E-state index in [2.05, 4.69) is 26.9 Å². The Kier molecular flexibility index (Phi) is 3.91. The molecule has 1 fully saturated rings. The lowest BCUT2D eigenvalue weighted by molar-refractivity contribution is 0.701. The molecule has 1 aliphatic carbocycles. The molecule has 84 valence electrons. The van der Waals surface area contributed by atoms with Crippen LogP contribution in [0, 0.1) is 0 Å². The van der Waals surface area contributed by atoms with Gasteiger partial charge in [0, 0.05) is 37.1 Å². The van der Waals surface area contributed by atoms with Crippen molar-refractivity contribution in [3.63, 3.8) is 0 Å². The molecule has 15 heavy (non-hydrogen) atoms. The zero-order chi connectivity index (χ0) is 10.5. The summed E-state index contributed by atoms with van der Waals surface area (Å²) in [5.41, 5.74) is 0. The Bertz CT molecular complexity index is 295. The van der Waals surface area contributed by atoms with E-state index in [1.807, 2.05) is 0 Å². The molecular formula is C10H18N4S. The number of hydrogen-bond acceptors (Lipinski definition) is 5. The van der Waals surface area contributed by atoms with E-state index in [-0.39, 0.29) is 0 Å². The van der Waals surface area contributed by atoms with Gasteiger partial charge in [-0.25, -0.2) is 4.98 Å². The van der Waals surface area contributed by atoms with E-state index in [9.17, 15) is 0 Å². The average molecular weight is 226 g/mol. The van der Waals surface area contributed by atoms with Crippen molar-refractivity contribution in [2.24, 2.45) is 0 Å². The predicted molar refractivity (Wildman–Crippen MR) is 63.4 cm³/mol. The summed E-state index contributed by atoms with van der Waals surface area (Å²) in [4.78, 5) is 4.40. The highest BCUT2D eigenvalue weighted by atomic mass is 32.1. The molecule has 0 aromatic carbocycles. The summed E-state index contributed by atoms with van der Waals surface area (Å²) >= 11 is 1.46. The van der Waals surface area contributed by atoms with Crippen LogP contribution < -0.4 is 10.6 Å². The van der Waals surface area contributed by atoms with Crippen LogP contribution in [0.4, 0.5) is 5.13 Å². The van der Waals surface area contributed by atoms with E-state index in [1.54, 1.807) is 0 Å². The summed E-state index contributed by atoms with van der Waals surface area (Å²) in [6.45, 7) is 4.11. The summed E-state index contributed by atoms with van der Waals surface area (Å²) in [7, 11) is 0. The van der Waals surface area contributed by atoms with Gasteiger partial charge in [-0.15, -0.1) is 0 Å². The topological polar surface area (TPSA) is 49.8 Å². The highest BCUT2D eigenvalue weighted by Gasteiger charge is 2.19. The van der Waals surface area contributed by atoms with Crippen molar-refractivity contribution in [2.75, 3.05) is 18.4 Å². The molecule has 1 aromatic heterocycles. The van der Waals surface area contributed by atoms with Gasteiger partial charge >= 0.3 is 0 Å². The lowest BCUT2D eigenvalue weighted by atomic mass is 10.3. The molecule has 0 atom stereocenters. The van der Waals surface area contributed by atoms with Crippen molar-refractivity contribution in [2.45, 2.75) is 38.6 Å². The van der Waals surface area contributed by atoms with Crippen LogP contribution in [-0.4, -0.2) is 28.5 Å². The van der Waals surface area contributed by atoms with Crippen molar-refractivity contribution < 1.29 is 0 Å². The number of aryl methyl sites for hydroxylation is 1. The fourth-order valence-corrected chi connectivity index (χ4v) is 2.02. The van der Waals surface area contributed by atoms with Gasteiger partial charge in [-0.2, -0.15) is 4.37 Å². The van der Waals surface area contributed by atoms with Gasteiger partial charge in [0.15, 0.2) is 0 Å². The van der Waals surface area contributed by atoms with Gasteiger partial charge in [0.2, 0.25) is 5.13 Å². The van der Waals surface area contributed by atoms with Crippen LogP contribution in [-0.2, 0) is 6.42 Å². The van der Waals surface area contributed by atoms with Gasteiger partial charge < -0.3 is 10.6 Å². The molecular weight excluding hydrogens is 208 g/mol. The van der Waals surface area contributed by atoms with Crippen molar-refractivity contribution in [3.05, 3.63) is 5.82 Å². The van der Waals surface area contributed by atoms with Gasteiger partial charge in [-0.05, 0) is 19.3 Å². The Morgan fingerprint density at radius 2 is 2.27 bits per heavy atom. The second-order valence-electron chi connectivity index (χ2n) is 3.92. The average Bonchev–Trinajstić information content (AvgIpc) is 2.95. The minimum atomic E-state index is 0.789. The summed E-state index contributed by atoms with van der Waals surface area (Å²) in [6, 6.07) is 0.789. The van der Waals surface area contributed by atoms with Gasteiger partial charge in [0.25, 0.3) is 0 Å². The Labute approximate surface area is 94.7 Å². The van der Waals surface area contributed by atoms with Gasteiger partial charge in [-0.3, -0.25) is 0 Å². The lowest BCUT2D eigenvalue weighted by Crippen LogP contribution is -2.23. The molecule has 0 saturated heterocycles. The Morgan fingerprint density at radius 1 is 1.40 bits per heavy atom. The molecule has 4 nitrogen and oxygen atoms in total. The first kappa shape index (κ1) is 10.8. The molecule has 0 radical (unpaired) electrons. The summed E-state index contributed by atoms with van der Waals surface area (Å²) < 4.78 is 4.28. The number of anilines is 1. The smallest absolute Gasteiger partial charge is 0.202 e. The number of aromatic nitrogens is 2. The van der Waals surface area contributed by atoms with Crippen LogP contribution in [0.2, 0.25) is 0 Å². The molecule has 0 amide bonds. The normalized spacial score (nSPS) is 15.5. The molecule has 1 saturated carbocycles. The molecule has 0 unspecified atom stereocenters. The summed E-state index contributed by atoms with van der Waals surface area (Å²) in [6.07, 6.45) is 4.79. The van der Waals surface area contributed by atoms with E-state index in [0.29, 0.717) is 0 Å². The van der Waals surface area contributed by atoms with Crippen molar-refractivity contribution in [3.8, 4) is 0 Å². The zero-order valence-corrected chi connectivity index (χ0v) is 9.94. The number of hydrogen-bond donors (Lipinski definition) is 2. The SMILES string of the molecule is CCCc1nsc(NCCNC2CC2)n1. The minimum Gasteiger partial charge on any atom is -0.359 e. The molecule has 0 bridgehead atoms. The van der Waals surface area contributed by atoms with E-state index < -0.39 is 0 Å². The number of nitrogens with zero attached hydrogens (tertiary/aromatic N) is 2. The monoisotopic (exact) mass is 226 g/mol. The molecule has 1 aliphatic rings. The zero-order valence-electron chi connectivity index (χ0n) is 9.12. The molecule has 5 heteroatoms. The molecule has 2 rings (SSSR count). The third-order valence-electron chi connectivity index (χ3n) is 2.35. The molecule has 1 aromatic rings. The highest BCUT2D eigenvalue weighted by Crippen LogP contribution is 2.18. The van der Waals surface area contributed by atoms with Gasteiger partial charge in [0.1, 0.15) is 5.82 Å². The first-order chi connectivity index (χ1) is 7.38. The molecule has 0 aliphatic heterocycles. The fraction of sp³-hybridized carbons (Fsp3) is 0.800. The fourth-order valence-electron chi connectivity index (χ4n) is 1.38. The highest BCUT2D eigenvalue weighted by molar-refractivity contribution is 7.09. The molecule has 2 N–H and O–H groups in total. The lowest BCUT2D eigenvalue weighted by Gasteiger charge is -2.02. The van der Waals surface area contributed by atoms with Crippen LogP contribution in [0.15, 0.2) is 0 Å².